The highest BCUT2D eigenvalue weighted by Gasteiger charge is 2.20. The number of piperazine rings is 1. The van der Waals surface area contributed by atoms with Crippen LogP contribution in [0.4, 0.5) is 0 Å². The first-order valence-corrected chi connectivity index (χ1v) is 11.6. The molecule has 0 radical (unpaired) electrons. The zero-order valence-corrected chi connectivity index (χ0v) is 20.1. The van der Waals surface area contributed by atoms with Crippen LogP contribution in [-0.4, -0.2) is 65.6 Å². The molecule has 0 spiro atoms. The number of hydrogen-bond acceptors (Lipinski definition) is 4. The molecule has 2 aromatic carbocycles. The maximum absolute atomic E-state index is 12.2. The van der Waals surface area contributed by atoms with Crippen LogP contribution in [0.25, 0.3) is 0 Å². The van der Waals surface area contributed by atoms with Crippen LogP contribution in [0.2, 0.25) is 0 Å². The van der Waals surface area contributed by atoms with Gasteiger partial charge in [-0.1, -0.05) is 30.3 Å². The molecule has 174 valence electrons. The van der Waals surface area contributed by atoms with E-state index in [1.54, 1.807) is 12.1 Å². The van der Waals surface area contributed by atoms with Gasteiger partial charge in [-0.3, -0.25) is 9.69 Å². The highest BCUT2D eigenvalue weighted by molar-refractivity contribution is 5.94. The van der Waals surface area contributed by atoms with E-state index in [0.717, 1.165) is 55.8 Å². The molecule has 2 atom stereocenters. The van der Waals surface area contributed by atoms with Crippen molar-refractivity contribution in [2.24, 2.45) is 0 Å². The first-order chi connectivity index (χ1) is 15.4. The van der Waals surface area contributed by atoms with Gasteiger partial charge >= 0.3 is 0 Å². The number of nitrogens with zero attached hydrogens (tertiary/aromatic N) is 2. The molecule has 1 aliphatic rings. The van der Waals surface area contributed by atoms with Gasteiger partial charge in [0.2, 0.25) is 0 Å². The Bertz CT molecular complexity index is 846. The van der Waals surface area contributed by atoms with E-state index in [9.17, 15) is 9.90 Å². The molecule has 0 aliphatic carbocycles. The molecule has 3 rings (SSSR count). The van der Waals surface area contributed by atoms with Crippen LogP contribution in [0.3, 0.4) is 0 Å². The van der Waals surface area contributed by atoms with E-state index < -0.39 is 0 Å². The van der Waals surface area contributed by atoms with E-state index >= 15 is 0 Å². The fourth-order valence-corrected chi connectivity index (χ4v) is 3.88. The molecule has 2 N–H and O–H groups in total. The second-order valence-corrected chi connectivity index (χ2v) is 8.42. The van der Waals surface area contributed by atoms with Gasteiger partial charge in [0, 0.05) is 50.4 Å². The lowest BCUT2D eigenvalue weighted by Gasteiger charge is -2.36. The van der Waals surface area contributed by atoms with Crippen LogP contribution in [0, 0.1) is 0 Å². The number of phenolic OH excluding ortho intramolecular Hbond substituents is 1. The van der Waals surface area contributed by atoms with Gasteiger partial charge in [-0.25, -0.2) is 0 Å². The van der Waals surface area contributed by atoms with Gasteiger partial charge in [-0.2, -0.15) is 0 Å². The Hall–Kier alpha value is -2.63. The first kappa shape index (κ1) is 25.6. The van der Waals surface area contributed by atoms with Gasteiger partial charge in [0.25, 0.3) is 5.91 Å². The lowest BCUT2D eigenvalue weighted by atomic mass is 10.0. The summed E-state index contributed by atoms with van der Waals surface area (Å²) in [5.41, 5.74) is 2.90. The van der Waals surface area contributed by atoms with Crippen LogP contribution in [-0.2, 0) is 6.42 Å². The molecule has 0 saturated carbocycles. The van der Waals surface area contributed by atoms with Crippen molar-refractivity contribution in [3.8, 4) is 5.75 Å². The van der Waals surface area contributed by atoms with Crippen molar-refractivity contribution in [3.05, 3.63) is 77.9 Å². The van der Waals surface area contributed by atoms with Gasteiger partial charge in [0.1, 0.15) is 5.75 Å². The predicted octanol–water partition coefficient (Wildman–Crippen LogP) is 4.32. The van der Waals surface area contributed by atoms with Crippen LogP contribution in [0.5, 0.6) is 5.75 Å². The van der Waals surface area contributed by atoms with Gasteiger partial charge in [0.15, 0.2) is 0 Å². The smallest absolute Gasteiger partial charge is 0.253 e. The van der Waals surface area contributed by atoms with Crippen LogP contribution in [0.15, 0.2) is 61.2 Å². The summed E-state index contributed by atoms with van der Waals surface area (Å²) in [5.74, 6) is 0.352. The lowest BCUT2D eigenvalue weighted by Crippen LogP contribution is -2.54. The normalized spacial score (nSPS) is 18.4. The zero-order chi connectivity index (χ0) is 23.5. The van der Waals surface area contributed by atoms with Crippen molar-refractivity contribution in [1.29, 1.82) is 0 Å². The van der Waals surface area contributed by atoms with E-state index in [0.29, 0.717) is 12.1 Å². The molecule has 2 aromatic rings. The monoisotopic (exact) mass is 437 g/mol. The molecule has 1 amide bonds. The minimum absolute atomic E-state index is 0.0731. The summed E-state index contributed by atoms with van der Waals surface area (Å²) in [7, 11) is 0. The first-order valence-electron chi connectivity index (χ1n) is 11.6. The number of phenols is 1. The number of rotatable bonds is 7. The highest BCUT2D eigenvalue weighted by Crippen LogP contribution is 2.16. The minimum atomic E-state index is 0.0731. The van der Waals surface area contributed by atoms with E-state index in [1.807, 2.05) is 61.2 Å². The maximum Gasteiger partial charge on any atom is 0.253 e. The van der Waals surface area contributed by atoms with E-state index in [1.165, 1.54) is 0 Å². The third-order valence-electron chi connectivity index (χ3n) is 5.83. The van der Waals surface area contributed by atoms with Gasteiger partial charge in [0.05, 0.1) is 0 Å². The Kier molecular flexibility index (Phi) is 10.4. The lowest BCUT2D eigenvalue weighted by molar-refractivity contribution is 0.0773. The van der Waals surface area contributed by atoms with Crippen molar-refractivity contribution in [2.45, 2.75) is 46.2 Å². The largest absolute Gasteiger partial charge is 0.508 e. The summed E-state index contributed by atoms with van der Waals surface area (Å²) in [4.78, 5) is 16.5. The molecule has 32 heavy (non-hydrogen) atoms. The Balaban J connectivity index is 0.000000278. The molecule has 0 bridgehead atoms. The van der Waals surface area contributed by atoms with Crippen LogP contribution < -0.4 is 5.32 Å². The zero-order valence-electron chi connectivity index (χ0n) is 20.1. The quantitative estimate of drug-likeness (QED) is 0.634. The summed E-state index contributed by atoms with van der Waals surface area (Å²) in [6, 6.07) is 16.2. The molecule has 1 aliphatic heterocycles. The Morgan fingerprint density at radius 1 is 1.16 bits per heavy atom. The van der Waals surface area contributed by atoms with Gasteiger partial charge < -0.3 is 15.3 Å². The fraction of sp³-hybridized carbons (Fsp3) is 0.444. The molecule has 1 fully saturated rings. The topological polar surface area (TPSA) is 55.8 Å². The standard InChI is InChI=1S/C18H21NO2.C9H18N2/c1-3-19(4-2)18(21)16-10-8-14(9-11-16)12-15-6-5-7-17(20)13-15;1-4-5-11-7-8(2)10-6-9(11)3/h5-11,13,20H,3-4,12H2,1-2H3;4,8-10H,1,5-7H2,2-3H3/t;8-,9-/m.1/s1. The van der Waals surface area contributed by atoms with Crippen molar-refractivity contribution >= 4 is 5.91 Å². The van der Waals surface area contributed by atoms with E-state index in [4.69, 9.17) is 0 Å². The molecular formula is C27H39N3O2. The van der Waals surface area contributed by atoms with E-state index in [2.05, 4.69) is 30.6 Å². The second-order valence-electron chi connectivity index (χ2n) is 8.42. The number of hydrogen-bond donors (Lipinski definition) is 2. The summed E-state index contributed by atoms with van der Waals surface area (Å²) in [6.07, 6.45) is 2.72. The number of carbonyl (C=O) groups excluding carboxylic acids is 1. The fourth-order valence-electron chi connectivity index (χ4n) is 3.88. The third-order valence-corrected chi connectivity index (χ3v) is 5.83. The SMILES string of the molecule is C=CCN1C[C@@H](C)NC[C@H]1C.CCN(CC)C(=O)c1ccc(Cc2cccc(O)c2)cc1. The molecule has 1 saturated heterocycles. The molecule has 0 unspecified atom stereocenters. The van der Waals surface area contributed by atoms with Crippen LogP contribution in [0.1, 0.15) is 49.2 Å². The van der Waals surface area contributed by atoms with Gasteiger partial charge in [-0.05, 0) is 69.5 Å². The summed E-state index contributed by atoms with van der Waals surface area (Å²) < 4.78 is 0. The number of carbonyl (C=O) groups is 1. The van der Waals surface area contributed by atoms with Crippen molar-refractivity contribution < 1.29 is 9.90 Å². The van der Waals surface area contributed by atoms with Crippen molar-refractivity contribution in [3.63, 3.8) is 0 Å². The van der Waals surface area contributed by atoms with E-state index in [-0.39, 0.29) is 11.7 Å². The number of aromatic hydroxyl groups is 1. The third kappa shape index (κ3) is 7.81. The Morgan fingerprint density at radius 3 is 2.44 bits per heavy atom. The second kappa shape index (κ2) is 13.0. The minimum Gasteiger partial charge on any atom is -0.508 e. The maximum atomic E-state index is 12.2. The highest BCUT2D eigenvalue weighted by atomic mass is 16.3. The molecule has 0 aromatic heterocycles. The number of benzene rings is 2. The summed E-state index contributed by atoms with van der Waals surface area (Å²) in [5, 5.41) is 12.9. The van der Waals surface area contributed by atoms with Crippen LogP contribution >= 0.6 is 0 Å². The molecular weight excluding hydrogens is 398 g/mol. The predicted molar refractivity (Wildman–Crippen MR) is 133 cm³/mol. The summed E-state index contributed by atoms with van der Waals surface area (Å²) >= 11 is 0. The van der Waals surface area contributed by atoms with Crippen molar-refractivity contribution in [1.82, 2.24) is 15.1 Å². The molecule has 5 nitrogen and oxygen atoms in total. The Labute approximate surface area is 193 Å². The van der Waals surface area contributed by atoms with Crippen molar-refractivity contribution in [2.75, 3.05) is 32.7 Å². The Morgan fingerprint density at radius 2 is 1.84 bits per heavy atom. The summed E-state index contributed by atoms with van der Waals surface area (Å²) in [6.45, 7) is 16.9. The number of amides is 1. The molecule has 5 heteroatoms. The number of nitrogens with one attached hydrogen (secondary N) is 1. The van der Waals surface area contributed by atoms with Gasteiger partial charge in [-0.15, -0.1) is 6.58 Å². The average Bonchev–Trinajstić information content (AvgIpc) is 2.78. The average molecular weight is 438 g/mol. The molecule has 1 heterocycles.